The smallest absolute Gasteiger partial charge is 0.257 e. The molecule has 2 aromatic carbocycles. The molecule has 1 amide bonds. The van der Waals surface area contributed by atoms with Gasteiger partial charge in [0.2, 0.25) is 5.13 Å². The average molecular weight is 325 g/mol. The second kappa shape index (κ2) is 7.02. The summed E-state index contributed by atoms with van der Waals surface area (Å²) in [4.78, 5) is 12.1. The lowest BCUT2D eigenvalue weighted by molar-refractivity contribution is 0.102. The Morgan fingerprint density at radius 3 is 2.48 bits per heavy atom. The highest BCUT2D eigenvalue weighted by atomic mass is 32.1. The highest BCUT2D eigenvalue weighted by Gasteiger charge is 2.09. The summed E-state index contributed by atoms with van der Waals surface area (Å²) in [6.07, 6.45) is 0. The van der Waals surface area contributed by atoms with E-state index in [1.807, 2.05) is 49.4 Å². The molecule has 1 heterocycles. The molecule has 0 spiro atoms. The normalized spacial score (nSPS) is 10.3. The number of hydrogen-bond acceptors (Lipinski definition) is 5. The van der Waals surface area contributed by atoms with Gasteiger partial charge in [-0.15, -0.1) is 10.2 Å². The number of anilines is 1. The third-order valence-electron chi connectivity index (χ3n) is 3.11. The maximum atomic E-state index is 12.1. The lowest BCUT2D eigenvalue weighted by Gasteiger charge is -2.07. The summed E-state index contributed by atoms with van der Waals surface area (Å²) in [5.41, 5.74) is 1.57. The number of rotatable bonds is 5. The number of nitrogens with one attached hydrogen (secondary N) is 1. The molecule has 23 heavy (non-hydrogen) atoms. The van der Waals surface area contributed by atoms with Gasteiger partial charge in [0.15, 0.2) is 0 Å². The summed E-state index contributed by atoms with van der Waals surface area (Å²) >= 11 is 1.35. The van der Waals surface area contributed by atoms with Crippen molar-refractivity contribution in [1.82, 2.24) is 10.2 Å². The minimum absolute atomic E-state index is 0.198. The van der Waals surface area contributed by atoms with E-state index in [4.69, 9.17) is 4.74 Å². The number of nitrogens with zero attached hydrogens (tertiary/aromatic N) is 2. The van der Waals surface area contributed by atoms with Crippen LogP contribution in [0, 0.1) is 6.92 Å². The van der Waals surface area contributed by atoms with Crippen molar-refractivity contribution in [2.75, 3.05) is 5.32 Å². The van der Waals surface area contributed by atoms with Gasteiger partial charge in [0, 0.05) is 5.56 Å². The van der Waals surface area contributed by atoms with Crippen molar-refractivity contribution in [2.24, 2.45) is 0 Å². The molecule has 0 unspecified atom stereocenters. The fourth-order valence-electron chi connectivity index (χ4n) is 1.95. The van der Waals surface area contributed by atoms with Crippen molar-refractivity contribution in [3.8, 4) is 5.75 Å². The molecule has 0 aliphatic carbocycles. The fourth-order valence-corrected chi connectivity index (χ4v) is 2.54. The Morgan fingerprint density at radius 1 is 1.09 bits per heavy atom. The lowest BCUT2D eigenvalue weighted by atomic mass is 10.1. The highest BCUT2D eigenvalue weighted by molar-refractivity contribution is 7.15. The molecule has 0 aliphatic heterocycles. The van der Waals surface area contributed by atoms with Crippen molar-refractivity contribution >= 4 is 22.4 Å². The van der Waals surface area contributed by atoms with Crippen LogP contribution in [-0.4, -0.2) is 16.1 Å². The summed E-state index contributed by atoms with van der Waals surface area (Å²) in [6, 6.07) is 16.9. The molecular weight excluding hydrogens is 310 g/mol. The first-order valence-corrected chi connectivity index (χ1v) is 7.90. The Labute approximate surface area is 138 Å². The highest BCUT2D eigenvalue weighted by Crippen LogP contribution is 2.16. The molecule has 6 heteroatoms. The van der Waals surface area contributed by atoms with Gasteiger partial charge in [-0.2, -0.15) is 0 Å². The van der Waals surface area contributed by atoms with Gasteiger partial charge in [0.05, 0.1) is 0 Å². The van der Waals surface area contributed by atoms with E-state index in [0.29, 0.717) is 17.3 Å². The van der Waals surface area contributed by atoms with Gasteiger partial charge in [-0.05, 0) is 36.8 Å². The first-order chi connectivity index (χ1) is 11.2. The number of amides is 1. The molecule has 3 rings (SSSR count). The van der Waals surface area contributed by atoms with Crippen LogP contribution in [0.15, 0.2) is 54.6 Å². The summed E-state index contributed by atoms with van der Waals surface area (Å²) in [6.45, 7) is 2.30. The number of aromatic nitrogens is 2. The van der Waals surface area contributed by atoms with Crippen molar-refractivity contribution in [3.63, 3.8) is 0 Å². The van der Waals surface area contributed by atoms with E-state index < -0.39 is 0 Å². The van der Waals surface area contributed by atoms with Gasteiger partial charge in [-0.25, -0.2) is 0 Å². The lowest BCUT2D eigenvalue weighted by Crippen LogP contribution is -2.11. The van der Waals surface area contributed by atoms with Crippen LogP contribution in [0.2, 0.25) is 0 Å². The zero-order valence-electron chi connectivity index (χ0n) is 12.5. The number of aryl methyl sites for hydroxylation is 1. The van der Waals surface area contributed by atoms with Crippen LogP contribution in [-0.2, 0) is 6.61 Å². The average Bonchev–Trinajstić information content (AvgIpc) is 2.99. The van der Waals surface area contributed by atoms with Gasteiger partial charge in [-0.3, -0.25) is 10.1 Å². The molecule has 0 radical (unpaired) electrons. The van der Waals surface area contributed by atoms with Crippen molar-refractivity contribution in [2.45, 2.75) is 13.5 Å². The largest absolute Gasteiger partial charge is 0.489 e. The summed E-state index contributed by atoms with van der Waals surface area (Å²) in [7, 11) is 0. The second-order valence-electron chi connectivity index (χ2n) is 4.88. The van der Waals surface area contributed by atoms with Gasteiger partial charge >= 0.3 is 0 Å². The summed E-state index contributed by atoms with van der Waals surface area (Å²) in [5, 5.41) is 11.8. The third kappa shape index (κ3) is 4.14. The van der Waals surface area contributed by atoms with E-state index in [9.17, 15) is 4.79 Å². The van der Waals surface area contributed by atoms with E-state index in [2.05, 4.69) is 15.5 Å². The van der Waals surface area contributed by atoms with E-state index in [-0.39, 0.29) is 5.91 Å². The summed E-state index contributed by atoms with van der Waals surface area (Å²) < 4.78 is 5.67. The van der Waals surface area contributed by atoms with Crippen LogP contribution in [0.5, 0.6) is 5.75 Å². The predicted molar refractivity (Wildman–Crippen MR) is 89.8 cm³/mol. The SMILES string of the molecule is Cc1nnc(NC(=O)c2ccc(COc3ccccc3)cc2)s1. The van der Waals surface area contributed by atoms with Gasteiger partial charge < -0.3 is 4.74 Å². The fraction of sp³-hybridized carbons (Fsp3) is 0.118. The second-order valence-corrected chi connectivity index (χ2v) is 6.06. The molecule has 1 N–H and O–H groups in total. The molecule has 5 nitrogen and oxygen atoms in total. The van der Waals surface area contributed by atoms with Crippen LogP contribution in [0.3, 0.4) is 0 Å². The number of ether oxygens (including phenoxy) is 1. The monoisotopic (exact) mass is 325 g/mol. The van der Waals surface area contributed by atoms with Crippen LogP contribution in [0.4, 0.5) is 5.13 Å². The Bertz CT molecular complexity index is 785. The first-order valence-electron chi connectivity index (χ1n) is 7.09. The Kier molecular flexibility index (Phi) is 4.63. The Balaban J connectivity index is 1.59. The van der Waals surface area contributed by atoms with Crippen LogP contribution in [0.25, 0.3) is 0 Å². The maximum Gasteiger partial charge on any atom is 0.257 e. The topological polar surface area (TPSA) is 64.1 Å². The van der Waals surface area contributed by atoms with Crippen molar-refractivity contribution in [1.29, 1.82) is 0 Å². The molecule has 0 bridgehead atoms. The van der Waals surface area contributed by atoms with E-state index in [1.165, 1.54) is 11.3 Å². The zero-order chi connectivity index (χ0) is 16.1. The first kappa shape index (κ1) is 15.2. The Hall–Kier alpha value is -2.73. The molecule has 116 valence electrons. The molecule has 1 aromatic heterocycles. The van der Waals surface area contributed by atoms with Crippen LogP contribution in [0.1, 0.15) is 20.9 Å². The van der Waals surface area contributed by atoms with Gasteiger partial charge in [-0.1, -0.05) is 41.7 Å². The standard InChI is InChI=1S/C17H15N3O2S/c1-12-19-20-17(23-12)18-16(21)14-9-7-13(8-10-14)11-22-15-5-3-2-4-6-15/h2-10H,11H2,1H3,(H,18,20,21). The number of para-hydroxylation sites is 1. The quantitative estimate of drug-likeness (QED) is 0.777. The minimum atomic E-state index is -0.198. The number of hydrogen-bond donors (Lipinski definition) is 1. The third-order valence-corrected chi connectivity index (χ3v) is 3.87. The zero-order valence-corrected chi connectivity index (χ0v) is 13.3. The van der Waals surface area contributed by atoms with Crippen LogP contribution >= 0.6 is 11.3 Å². The molecule has 0 aliphatic rings. The minimum Gasteiger partial charge on any atom is -0.489 e. The molecule has 0 atom stereocenters. The van der Waals surface area contributed by atoms with Crippen LogP contribution < -0.4 is 10.1 Å². The van der Waals surface area contributed by atoms with Gasteiger partial charge in [0.25, 0.3) is 5.91 Å². The maximum absolute atomic E-state index is 12.1. The molecular formula is C17H15N3O2S. The summed E-state index contributed by atoms with van der Waals surface area (Å²) in [5.74, 6) is 0.623. The molecule has 0 saturated heterocycles. The van der Waals surface area contributed by atoms with Gasteiger partial charge in [0.1, 0.15) is 17.4 Å². The molecule has 0 saturated carbocycles. The van der Waals surface area contributed by atoms with Crippen molar-refractivity contribution < 1.29 is 9.53 Å². The molecule has 0 fully saturated rings. The number of carbonyl (C=O) groups excluding carboxylic acids is 1. The van der Waals surface area contributed by atoms with E-state index in [0.717, 1.165) is 16.3 Å². The van der Waals surface area contributed by atoms with Crippen molar-refractivity contribution in [3.05, 3.63) is 70.7 Å². The van der Waals surface area contributed by atoms with E-state index >= 15 is 0 Å². The number of benzene rings is 2. The molecule has 3 aromatic rings. The predicted octanol–water partition coefficient (Wildman–Crippen LogP) is 3.68. The van der Waals surface area contributed by atoms with E-state index in [1.54, 1.807) is 12.1 Å². The Morgan fingerprint density at radius 2 is 1.83 bits per heavy atom. The number of carbonyl (C=O) groups is 1.